The van der Waals surface area contributed by atoms with Crippen LogP contribution in [0.2, 0.25) is 0 Å². The zero-order valence-electron chi connectivity index (χ0n) is 27.4. The Bertz CT molecular complexity index is 2600. The van der Waals surface area contributed by atoms with Crippen LogP contribution < -0.4 is 4.90 Å². The van der Waals surface area contributed by atoms with Crippen molar-refractivity contribution in [3.05, 3.63) is 200 Å². The summed E-state index contributed by atoms with van der Waals surface area (Å²) in [5, 5.41) is 2.57. The zero-order valence-corrected chi connectivity index (χ0v) is 28.2. The summed E-state index contributed by atoms with van der Waals surface area (Å²) < 4.78 is 2.57. The van der Waals surface area contributed by atoms with Crippen LogP contribution in [0, 0.1) is 0 Å². The number of fused-ring (bicyclic) bond motifs is 3. The van der Waals surface area contributed by atoms with Crippen LogP contribution in [0.3, 0.4) is 0 Å². The van der Waals surface area contributed by atoms with Crippen molar-refractivity contribution in [3.8, 4) is 44.5 Å². The highest BCUT2D eigenvalue weighted by Crippen LogP contribution is 2.49. The van der Waals surface area contributed by atoms with Crippen molar-refractivity contribution in [2.75, 3.05) is 4.90 Å². The Labute approximate surface area is 297 Å². The maximum absolute atomic E-state index is 2.47. The second kappa shape index (κ2) is 13.0. The van der Waals surface area contributed by atoms with Crippen molar-refractivity contribution < 1.29 is 0 Å². The van der Waals surface area contributed by atoms with Crippen molar-refractivity contribution in [1.82, 2.24) is 0 Å². The first kappa shape index (κ1) is 29.9. The van der Waals surface area contributed by atoms with Crippen molar-refractivity contribution in [2.45, 2.75) is 0 Å². The molecule has 236 valence electrons. The minimum atomic E-state index is 1.12. The average Bonchev–Trinajstić information content (AvgIpc) is 3.59. The van der Waals surface area contributed by atoms with Crippen LogP contribution in [0.5, 0.6) is 0 Å². The van der Waals surface area contributed by atoms with Crippen LogP contribution in [0.15, 0.2) is 200 Å². The number of hydrogen-bond donors (Lipinski definition) is 0. The summed E-state index contributed by atoms with van der Waals surface area (Å²) in [6.45, 7) is 0. The Balaban J connectivity index is 1.30. The highest BCUT2D eigenvalue weighted by molar-refractivity contribution is 7.26. The minimum absolute atomic E-state index is 1.12. The molecule has 0 aliphatic rings. The molecule has 0 atom stereocenters. The fourth-order valence-corrected chi connectivity index (χ4v) is 8.41. The lowest BCUT2D eigenvalue weighted by molar-refractivity contribution is 1.30. The van der Waals surface area contributed by atoms with Crippen LogP contribution in [-0.2, 0) is 0 Å². The maximum Gasteiger partial charge on any atom is 0.0640 e. The lowest BCUT2D eigenvalue weighted by Gasteiger charge is -2.29. The van der Waals surface area contributed by atoms with Gasteiger partial charge in [-0.3, -0.25) is 0 Å². The van der Waals surface area contributed by atoms with Gasteiger partial charge in [-0.1, -0.05) is 170 Å². The number of nitrogens with zero attached hydrogens (tertiary/aromatic N) is 1. The molecule has 0 bridgehead atoms. The van der Waals surface area contributed by atoms with Gasteiger partial charge in [0.1, 0.15) is 0 Å². The summed E-state index contributed by atoms with van der Waals surface area (Å²) in [6.07, 6.45) is 0. The SMILES string of the molecule is c1ccc(-c2cccc(N(c3ccccc3-c3ccccc3-c3ccccc3-c3ccccc3)c3cccc4c3sc3ccccc34)c2)cc1. The van der Waals surface area contributed by atoms with Gasteiger partial charge in [-0.25, -0.2) is 0 Å². The van der Waals surface area contributed by atoms with Crippen LogP contribution >= 0.6 is 11.3 Å². The second-order valence-corrected chi connectivity index (χ2v) is 13.5. The molecule has 1 heterocycles. The van der Waals surface area contributed by atoms with E-state index in [-0.39, 0.29) is 0 Å². The van der Waals surface area contributed by atoms with E-state index in [0.717, 1.165) is 11.4 Å². The molecule has 8 aromatic carbocycles. The molecule has 2 heteroatoms. The summed E-state index contributed by atoms with van der Waals surface area (Å²) >= 11 is 1.87. The third-order valence-electron chi connectivity index (χ3n) is 9.50. The third-order valence-corrected chi connectivity index (χ3v) is 10.7. The van der Waals surface area contributed by atoms with Crippen LogP contribution in [0.4, 0.5) is 17.1 Å². The van der Waals surface area contributed by atoms with Crippen LogP contribution in [-0.4, -0.2) is 0 Å². The number of anilines is 3. The van der Waals surface area contributed by atoms with Gasteiger partial charge < -0.3 is 4.90 Å². The highest BCUT2D eigenvalue weighted by Gasteiger charge is 2.23. The van der Waals surface area contributed by atoms with E-state index in [1.165, 1.54) is 70.4 Å². The summed E-state index contributed by atoms with van der Waals surface area (Å²) in [5.41, 5.74) is 13.0. The Hall–Kier alpha value is -6.22. The molecule has 0 saturated heterocycles. The van der Waals surface area contributed by atoms with Crippen molar-refractivity contribution in [1.29, 1.82) is 0 Å². The predicted molar refractivity (Wildman–Crippen MR) is 216 cm³/mol. The van der Waals surface area contributed by atoms with Gasteiger partial charge in [-0.05, 0) is 69.3 Å². The van der Waals surface area contributed by atoms with E-state index in [1.54, 1.807) is 0 Å². The monoisotopic (exact) mass is 655 g/mol. The topological polar surface area (TPSA) is 3.24 Å². The van der Waals surface area contributed by atoms with Gasteiger partial charge >= 0.3 is 0 Å². The van der Waals surface area contributed by atoms with Gasteiger partial charge in [0.05, 0.1) is 16.1 Å². The van der Waals surface area contributed by atoms with E-state index >= 15 is 0 Å². The normalized spacial score (nSPS) is 11.2. The molecule has 0 spiro atoms. The highest BCUT2D eigenvalue weighted by atomic mass is 32.1. The summed E-state index contributed by atoms with van der Waals surface area (Å²) in [5.74, 6) is 0. The molecule has 0 saturated carbocycles. The van der Waals surface area contributed by atoms with E-state index in [9.17, 15) is 0 Å². The number of benzene rings is 8. The number of para-hydroxylation sites is 1. The lowest BCUT2D eigenvalue weighted by Crippen LogP contribution is -2.11. The minimum Gasteiger partial charge on any atom is -0.308 e. The second-order valence-electron chi connectivity index (χ2n) is 12.5. The Morgan fingerprint density at radius 3 is 1.58 bits per heavy atom. The van der Waals surface area contributed by atoms with Gasteiger partial charge in [0, 0.05) is 26.7 Å². The van der Waals surface area contributed by atoms with Crippen LogP contribution in [0.1, 0.15) is 0 Å². The first-order chi connectivity index (χ1) is 24.8. The van der Waals surface area contributed by atoms with Crippen molar-refractivity contribution in [2.24, 2.45) is 0 Å². The van der Waals surface area contributed by atoms with E-state index < -0.39 is 0 Å². The first-order valence-corrected chi connectivity index (χ1v) is 17.8. The zero-order chi connectivity index (χ0) is 33.3. The molecule has 0 fully saturated rings. The molecule has 1 aromatic heterocycles. The molecule has 0 aliphatic carbocycles. The summed E-state index contributed by atoms with van der Waals surface area (Å²) in [6, 6.07) is 72.3. The Morgan fingerprint density at radius 2 is 0.820 bits per heavy atom. The predicted octanol–water partition coefficient (Wildman–Crippen LogP) is 14.2. The largest absolute Gasteiger partial charge is 0.308 e. The molecular formula is C48H33NS. The smallest absolute Gasteiger partial charge is 0.0640 e. The molecule has 9 aromatic rings. The maximum atomic E-state index is 2.47. The molecule has 0 unspecified atom stereocenters. The molecule has 0 radical (unpaired) electrons. The van der Waals surface area contributed by atoms with E-state index in [2.05, 4.69) is 205 Å². The molecular weight excluding hydrogens is 623 g/mol. The lowest BCUT2D eigenvalue weighted by atomic mass is 9.88. The molecule has 0 amide bonds. The number of hydrogen-bond acceptors (Lipinski definition) is 2. The molecule has 0 N–H and O–H groups in total. The van der Waals surface area contributed by atoms with Gasteiger partial charge in [-0.2, -0.15) is 0 Å². The Kier molecular flexibility index (Phi) is 7.77. The average molecular weight is 656 g/mol. The molecule has 9 rings (SSSR count). The molecule has 0 aliphatic heterocycles. The van der Waals surface area contributed by atoms with Crippen molar-refractivity contribution in [3.63, 3.8) is 0 Å². The van der Waals surface area contributed by atoms with Gasteiger partial charge in [0.15, 0.2) is 0 Å². The van der Waals surface area contributed by atoms with Gasteiger partial charge in [0.25, 0.3) is 0 Å². The molecule has 50 heavy (non-hydrogen) atoms. The first-order valence-electron chi connectivity index (χ1n) is 17.0. The van der Waals surface area contributed by atoms with Gasteiger partial charge in [-0.15, -0.1) is 11.3 Å². The van der Waals surface area contributed by atoms with Crippen molar-refractivity contribution >= 4 is 48.6 Å². The summed E-state index contributed by atoms with van der Waals surface area (Å²) in [7, 11) is 0. The van der Waals surface area contributed by atoms with E-state index in [1.807, 2.05) is 11.3 Å². The van der Waals surface area contributed by atoms with E-state index in [4.69, 9.17) is 0 Å². The fourth-order valence-electron chi connectivity index (χ4n) is 7.21. The van der Waals surface area contributed by atoms with Crippen LogP contribution in [0.25, 0.3) is 64.7 Å². The standard InChI is InChI=1S/C48H33NS/c1-3-17-34(18-4-1)36-21-15-22-37(33-36)49(46-31-16-29-44-43-28-12-14-32-47(43)50-48(44)46)45-30-13-11-27-42(45)41-26-10-9-25-40(41)39-24-8-7-23-38(39)35-19-5-2-6-20-35/h1-33H. The third kappa shape index (κ3) is 5.37. The number of thiophene rings is 1. The van der Waals surface area contributed by atoms with E-state index in [0.29, 0.717) is 0 Å². The van der Waals surface area contributed by atoms with Gasteiger partial charge in [0.2, 0.25) is 0 Å². The fraction of sp³-hybridized carbons (Fsp3) is 0. The quantitative estimate of drug-likeness (QED) is 0.165. The summed E-state index contributed by atoms with van der Waals surface area (Å²) in [4.78, 5) is 2.47. The number of rotatable bonds is 7. The Morgan fingerprint density at radius 1 is 0.320 bits per heavy atom. The molecule has 1 nitrogen and oxygen atoms in total.